The van der Waals surface area contributed by atoms with E-state index >= 15 is 0 Å². The van der Waals surface area contributed by atoms with Crippen LogP contribution in [-0.4, -0.2) is 30.1 Å². The first-order valence-corrected chi connectivity index (χ1v) is 8.20. The summed E-state index contributed by atoms with van der Waals surface area (Å²) < 4.78 is 10.5. The molecule has 0 bridgehead atoms. The van der Waals surface area contributed by atoms with Crippen molar-refractivity contribution in [2.45, 2.75) is 6.42 Å². The molecule has 1 aromatic heterocycles. The first-order chi connectivity index (χ1) is 12.7. The summed E-state index contributed by atoms with van der Waals surface area (Å²) in [5.74, 6) is 0.716. The van der Waals surface area contributed by atoms with Crippen molar-refractivity contribution in [1.82, 2.24) is 10.3 Å². The molecule has 2 amide bonds. The van der Waals surface area contributed by atoms with Gasteiger partial charge in [0, 0.05) is 28.9 Å². The number of carbonyl (C=O) groups is 2. The molecule has 0 aliphatic carbocycles. The third-order valence-electron chi connectivity index (χ3n) is 4.13. The lowest BCUT2D eigenvalue weighted by molar-refractivity contribution is -0.123. The highest BCUT2D eigenvalue weighted by atomic mass is 16.7. The van der Waals surface area contributed by atoms with Gasteiger partial charge in [-0.1, -0.05) is 18.2 Å². The topological polar surface area (TPSA) is 92.5 Å². The van der Waals surface area contributed by atoms with Gasteiger partial charge in [-0.25, -0.2) is 0 Å². The predicted molar refractivity (Wildman–Crippen MR) is 96.2 cm³/mol. The molecule has 3 aromatic rings. The maximum Gasteiger partial charge on any atom is 0.243 e. The minimum Gasteiger partial charge on any atom is -0.454 e. The van der Waals surface area contributed by atoms with E-state index in [2.05, 4.69) is 15.6 Å². The van der Waals surface area contributed by atoms with Gasteiger partial charge in [0.15, 0.2) is 11.5 Å². The van der Waals surface area contributed by atoms with Gasteiger partial charge in [0.25, 0.3) is 0 Å². The zero-order valence-electron chi connectivity index (χ0n) is 13.9. The SMILES string of the molecule is O=C(Cc1c[nH]c2ccccc12)NCC(=O)Nc1ccc2c(c1)OCO2. The molecule has 2 aromatic carbocycles. The third kappa shape index (κ3) is 3.32. The van der Waals surface area contributed by atoms with Gasteiger partial charge in [-0.15, -0.1) is 0 Å². The monoisotopic (exact) mass is 351 g/mol. The molecule has 0 unspecified atom stereocenters. The summed E-state index contributed by atoms with van der Waals surface area (Å²) in [5, 5.41) is 6.36. The number of benzene rings is 2. The van der Waals surface area contributed by atoms with Crippen LogP contribution in [0.1, 0.15) is 5.56 Å². The lowest BCUT2D eigenvalue weighted by Crippen LogP contribution is -2.33. The fraction of sp³-hybridized carbons (Fsp3) is 0.158. The molecule has 7 heteroatoms. The second-order valence-corrected chi connectivity index (χ2v) is 5.93. The van der Waals surface area contributed by atoms with Gasteiger partial charge in [0.05, 0.1) is 13.0 Å². The minimum absolute atomic E-state index is 0.102. The molecule has 132 valence electrons. The Hall–Kier alpha value is -3.48. The smallest absolute Gasteiger partial charge is 0.243 e. The van der Waals surface area contributed by atoms with Gasteiger partial charge in [-0.05, 0) is 23.8 Å². The molecule has 3 N–H and O–H groups in total. The number of hydrogen-bond acceptors (Lipinski definition) is 4. The maximum absolute atomic E-state index is 12.1. The van der Waals surface area contributed by atoms with Gasteiger partial charge >= 0.3 is 0 Å². The fourth-order valence-corrected chi connectivity index (χ4v) is 2.87. The summed E-state index contributed by atoms with van der Waals surface area (Å²) in [7, 11) is 0. The Morgan fingerprint density at radius 1 is 1.04 bits per heavy atom. The molecule has 0 saturated carbocycles. The summed E-state index contributed by atoms with van der Waals surface area (Å²) in [6.07, 6.45) is 2.03. The molecular formula is C19H17N3O4. The lowest BCUT2D eigenvalue weighted by atomic mass is 10.1. The van der Waals surface area contributed by atoms with Crippen molar-refractivity contribution in [2.75, 3.05) is 18.7 Å². The second kappa shape index (κ2) is 6.79. The number of amides is 2. The van der Waals surface area contributed by atoms with Crippen LogP contribution in [0.25, 0.3) is 10.9 Å². The summed E-state index contributed by atoms with van der Waals surface area (Å²) in [4.78, 5) is 27.3. The Bertz CT molecular complexity index is 980. The number of aromatic nitrogens is 1. The number of rotatable bonds is 5. The highest BCUT2D eigenvalue weighted by Crippen LogP contribution is 2.34. The quantitative estimate of drug-likeness (QED) is 0.657. The van der Waals surface area contributed by atoms with E-state index in [0.29, 0.717) is 17.2 Å². The molecule has 0 saturated heterocycles. The number of aromatic amines is 1. The average molecular weight is 351 g/mol. The first kappa shape index (κ1) is 16.0. The van der Waals surface area contributed by atoms with Crippen LogP contribution in [0.2, 0.25) is 0 Å². The third-order valence-corrected chi connectivity index (χ3v) is 4.13. The van der Waals surface area contributed by atoms with Crippen molar-refractivity contribution >= 4 is 28.4 Å². The van der Waals surface area contributed by atoms with E-state index in [1.807, 2.05) is 30.5 Å². The Kier molecular flexibility index (Phi) is 4.18. The van der Waals surface area contributed by atoms with Crippen LogP contribution in [-0.2, 0) is 16.0 Å². The van der Waals surface area contributed by atoms with Crippen LogP contribution in [0.4, 0.5) is 5.69 Å². The van der Waals surface area contributed by atoms with Gasteiger partial charge in [-0.3, -0.25) is 9.59 Å². The summed E-state index contributed by atoms with van der Waals surface area (Å²) in [6, 6.07) is 12.9. The van der Waals surface area contributed by atoms with Crippen LogP contribution in [0, 0.1) is 0 Å². The van der Waals surface area contributed by atoms with Crippen molar-refractivity contribution in [3.63, 3.8) is 0 Å². The van der Waals surface area contributed by atoms with Crippen molar-refractivity contribution in [3.8, 4) is 11.5 Å². The number of H-pyrrole nitrogens is 1. The Morgan fingerprint density at radius 2 is 1.88 bits per heavy atom. The van der Waals surface area contributed by atoms with E-state index in [4.69, 9.17) is 9.47 Å². The van der Waals surface area contributed by atoms with Gasteiger partial charge in [0.1, 0.15) is 0 Å². The second-order valence-electron chi connectivity index (χ2n) is 5.93. The molecular weight excluding hydrogens is 334 g/mol. The summed E-state index contributed by atoms with van der Waals surface area (Å²) in [6.45, 7) is 0.0757. The Morgan fingerprint density at radius 3 is 2.81 bits per heavy atom. The van der Waals surface area contributed by atoms with Crippen LogP contribution in [0.15, 0.2) is 48.7 Å². The molecule has 0 fully saturated rings. The average Bonchev–Trinajstić information content (AvgIpc) is 3.27. The number of carbonyl (C=O) groups excluding carboxylic acids is 2. The van der Waals surface area contributed by atoms with Crippen LogP contribution in [0.3, 0.4) is 0 Å². The Labute approximate surface area is 149 Å². The van der Waals surface area contributed by atoms with Crippen LogP contribution < -0.4 is 20.1 Å². The van der Waals surface area contributed by atoms with E-state index < -0.39 is 0 Å². The lowest BCUT2D eigenvalue weighted by Gasteiger charge is -2.07. The Balaban J connectivity index is 1.30. The zero-order chi connectivity index (χ0) is 17.9. The highest BCUT2D eigenvalue weighted by Gasteiger charge is 2.14. The molecule has 4 rings (SSSR count). The zero-order valence-corrected chi connectivity index (χ0v) is 13.9. The standard InChI is InChI=1S/C19H17N3O4/c23-18(7-12-9-20-15-4-2-1-3-14(12)15)21-10-19(24)22-13-5-6-16-17(8-13)26-11-25-16/h1-6,8-9,20H,7,10-11H2,(H,21,23)(H,22,24). The molecule has 7 nitrogen and oxygen atoms in total. The van der Waals surface area contributed by atoms with Crippen LogP contribution in [0.5, 0.6) is 11.5 Å². The van der Waals surface area contributed by atoms with Crippen molar-refractivity contribution < 1.29 is 19.1 Å². The maximum atomic E-state index is 12.1. The van der Waals surface area contributed by atoms with Crippen LogP contribution >= 0.6 is 0 Å². The number of ether oxygens (including phenoxy) is 2. The van der Waals surface area contributed by atoms with Gasteiger partial charge < -0.3 is 25.1 Å². The molecule has 1 aliphatic heterocycles. The fourth-order valence-electron chi connectivity index (χ4n) is 2.87. The molecule has 1 aliphatic rings. The van der Waals surface area contributed by atoms with E-state index in [0.717, 1.165) is 16.5 Å². The van der Waals surface area contributed by atoms with Gasteiger partial charge in [-0.2, -0.15) is 0 Å². The normalized spacial score (nSPS) is 12.2. The van der Waals surface area contributed by atoms with E-state index in [1.165, 1.54) is 0 Å². The molecule has 2 heterocycles. The number of hydrogen-bond donors (Lipinski definition) is 3. The summed E-state index contributed by atoms with van der Waals surface area (Å²) in [5.41, 5.74) is 2.47. The number of para-hydroxylation sites is 1. The van der Waals surface area contributed by atoms with E-state index in [-0.39, 0.29) is 31.6 Å². The van der Waals surface area contributed by atoms with Crippen molar-refractivity contribution in [3.05, 3.63) is 54.2 Å². The van der Waals surface area contributed by atoms with Gasteiger partial charge in [0.2, 0.25) is 18.6 Å². The summed E-state index contributed by atoms with van der Waals surface area (Å²) >= 11 is 0. The largest absolute Gasteiger partial charge is 0.454 e. The molecule has 0 atom stereocenters. The minimum atomic E-state index is -0.309. The number of anilines is 1. The van der Waals surface area contributed by atoms with Crippen molar-refractivity contribution in [2.24, 2.45) is 0 Å². The molecule has 0 spiro atoms. The highest BCUT2D eigenvalue weighted by molar-refractivity contribution is 5.95. The predicted octanol–water partition coefficient (Wildman–Crippen LogP) is 2.19. The number of nitrogens with one attached hydrogen (secondary N) is 3. The molecule has 26 heavy (non-hydrogen) atoms. The van der Waals surface area contributed by atoms with E-state index in [1.54, 1.807) is 18.2 Å². The first-order valence-electron chi connectivity index (χ1n) is 8.20. The van der Waals surface area contributed by atoms with E-state index in [9.17, 15) is 9.59 Å². The van der Waals surface area contributed by atoms with Crippen molar-refractivity contribution in [1.29, 1.82) is 0 Å². The molecule has 0 radical (unpaired) electrons. The number of fused-ring (bicyclic) bond motifs is 2.